The molecule has 0 spiro atoms. The molecule has 3 N–H and O–H groups in total. The lowest BCUT2D eigenvalue weighted by Crippen LogP contribution is -2.27. The number of nitrogens with two attached hydrogens (primary N) is 1. The number of aliphatic carboxylic acids is 1. The van der Waals surface area contributed by atoms with Crippen molar-refractivity contribution in [2.75, 3.05) is 0 Å². The zero-order valence-corrected chi connectivity index (χ0v) is 7.05. The number of benzene rings is 1. The van der Waals surface area contributed by atoms with Crippen LogP contribution in [-0.2, 0) is 4.79 Å². The van der Waals surface area contributed by atoms with Gasteiger partial charge in [-0.25, -0.2) is 0 Å². The first-order chi connectivity index (χ1) is 6.20. The van der Waals surface area contributed by atoms with Crippen LogP contribution in [0.3, 0.4) is 0 Å². The van der Waals surface area contributed by atoms with Gasteiger partial charge in [0.2, 0.25) is 0 Å². The van der Waals surface area contributed by atoms with Gasteiger partial charge in [0, 0.05) is 0 Å². The van der Waals surface area contributed by atoms with Gasteiger partial charge in [-0.15, -0.1) is 0 Å². The Bertz CT molecular complexity index is 306. The second kappa shape index (κ2) is 4.42. The maximum Gasteiger partial charge on any atom is 0.324 e. The lowest BCUT2D eigenvalue weighted by molar-refractivity contribution is -0.137. The quantitative estimate of drug-likeness (QED) is 0.727. The summed E-state index contributed by atoms with van der Waals surface area (Å²) in [6.07, 6.45) is 3.15. The first-order valence-corrected chi connectivity index (χ1v) is 3.92. The summed E-state index contributed by atoms with van der Waals surface area (Å²) < 4.78 is 0. The lowest BCUT2D eigenvalue weighted by atomic mass is 10.2. The maximum atomic E-state index is 10.3. The monoisotopic (exact) mass is 177 g/mol. The summed E-state index contributed by atoms with van der Waals surface area (Å²) >= 11 is 0. The first-order valence-electron chi connectivity index (χ1n) is 3.92. The normalized spacial score (nSPS) is 13.0. The second-order valence-corrected chi connectivity index (χ2v) is 2.63. The number of carboxylic acid groups (broad SMARTS) is 1. The van der Waals surface area contributed by atoms with Crippen molar-refractivity contribution >= 4 is 12.0 Å². The molecule has 0 saturated carbocycles. The molecule has 13 heavy (non-hydrogen) atoms. The average Bonchev–Trinajstić information content (AvgIpc) is 2.15. The summed E-state index contributed by atoms with van der Waals surface area (Å²) in [5.41, 5.74) is 6.22. The Morgan fingerprint density at radius 3 is 2.54 bits per heavy atom. The minimum absolute atomic E-state index is 0.930. The molecule has 1 atom stereocenters. The minimum Gasteiger partial charge on any atom is -0.480 e. The van der Waals surface area contributed by atoms with Crippen LogP contribution in [0.2, 0.25) is 0 Å². The van der Waals surface area contributed by atoms with Crippen LogP contribution in [-0.4, -0.2) is 17.1 Å². The van der Waals surface area contributed by atoms with Crippen LogP contribution in [0.5, 0.6) is 0 Å². The standard InChI is InChI=1S/C10H11NO2/c11-9(10(12)13)7-6-8-4-2-1-3-5-8/h1-7,9H,11H2,(H,12,13)/b7-6+. The molecule has 1 aromatic carbocycles. The van der Waals surface area contributed by atoms with E-state index in [4.69, 9.17) is 10.8 Å². The van der Waals surface area contributed by atoms with E-state index in [-0.39, 0.29) is 0 Å². The number of hydrogen-bond donors (Lipinski definition) is 2. The molecule has 1 aromatic rings. The van der Waals surface area contributed by atoms with Crippen molar-refractivity contribution in [3.05, 3.63) is 42.0 Å². The molecule has 68 valence electrons. The molecule has 0 radical (unpaired) electrons. The van der Waals surface area contributed by atoms with Crippen molar-refractivity contribution in [2.24, 2.45) is 5.73 Å². The Morgan fingerprint density at radius 2 is 2.00 bits per heavy atom. The SMILES string of the molecule is NC(/C=C/c1ccccc1)C(=O)O. The minimum atomic E-state index is -1.02. The third-order valence-electron chi connectivity index (χ3n) is 1.58. The predicted octanol–water partition coefficient (Wildman–Crippen LogP) is 1.11. The van der Waals surface area contributed by atoms with Crippen LogP contribution < -0.4 is 5.73 Å². The predicted molar refractivity (Wildman–Crippen MR) is 51.1 cm³/mol. The van der Waals surface area contributed by atoms with Gasteiger partial charge in [0.25, 0.3) is 0 Å². The fraction of sp³-hybridized carbons (Fsp3) is 0.100. The van der Waals surface area contributed by atoms with E-state index in [0.29, 0.717) is 0 Å². The molecular formula is C10H11NO2. The smallest absolute Gasteiger partial charge is 0.324 e. The average molecular weight is 177 g/mol. The highest BCUT2D eigenvalue weighted by atomic mass is 16.4. The van der Waals surface area contributed by atoms with Gasteiger partial charge in [0.1, 0.15) is 6.04 Å². The molecule has 0 saturated heterocycles. The number of hydrogen-bond acceptors (Lipinski definition) is 2. The molecule has 3 nitrogen and oxygen atoms in total. The topological polar surface area (TPSA) is 63.3 Å². The molecule has 0 amide bonds. The van der Waals surface area contributed by atoms with E-state index in [9.17, 15) is 4.79 Å². The number of rotatable bonds is 3. The van der Waals surface area contributed by atoms with Crippen molar-refractivity contribution < 1.29 is 9.90 Å². The summed E-state index contributed by atoms with van der Waals surface area (Å²) in [6.45, 7) is 0. The van der Waals surface area contributed by atoms with Gasteiger partial charge in [-0.05, 0) is 5.56 Å². The summed E-state index contributed by atoms with van der Waals surface area (Å²) in [5.74, 6) is -1.02. The highest BCUT2D eigenvalue weighted by Gasteiger charge is 2.04. The van der Waals surface area contributed by atoms with E-state index in [1.54, 1.807) is 6.08 Å². The lowest BCUT2D eigenvalue weighted by Gasteiger charge is -1.97. The van der Waals surface area contributed by atoms with Crippen molar-refractivity contribution in [3.8, 4) is 0 Å². The summed E-state index contributed by atoms with van der Waals surface area (Å²) in [4.78, 5) is 10.3. The fourth-order valence-corrected chi connectivity index (χ4v) is 0.861. The van der Waals surface area contributed by atoms with Gasteiger partial charge in [-0.3, -0.25) is 4.79 Å². The summed E-state index contributed by atoms with van der Waals surface area (Å²) in [6, 6.07) is 8.49. The Balaban J connectivity index is 2.64. The third-order valence-corrected chi connectivity index (χ3v) is 1.58. The first kappa shape index (κ1) is 9.48. The molecule has 1 unspecified atom stereocenters. The number of carboxylic acids is 1. The van der Waals surface area contributed by atoms with E-state index in [1.165, 1.54) is 6.08 Å². The van der Waals surface area contributed by atoms with Crippen LogP contribution in [0.4, 0.5) is 0 Å². The Labute approximate surface area is 76.5 Å². The molecule has 0 aromatic heterocycles. The highest BCUT2D eigenvalue weighted by Crippen LogP contribution is 2.01. The molecule has 0 heterocycles. The van der Waals surface area contributed by atoms with Crippen molar-refractivity contribution in [1.82, 2.24) is 0 Å². The third kappa shape index (κ3) is 3.09. The van der Waals surface area contributed by atoms with Gasteiger partial charge < -0.3 is 10.8 Å². The molecule has 0 fully saturated rings. The van der Waals surface area contributed by atoms with Crippen molar-refractivity contribution in [1.29, 1.82) is 0 Å². The van der Waals surface area contributed by atoms with E-state index in [0.717, 1.165) is 5.56 Å². The fourth-order valence-electron chi connectivity index (χ4n) is 0.861. The van der Waals surface area contributed by atoms with Crippen LogP contribution >= 0.6 is 0 Å². The van der Waals surface area contributed by atoms with Crippen molar-refractivity contribution in [2.45, 2.75) is 6.04 Å². The Hall–Kier alpha value is -1.61. The highest BCUT2D eigenvalue weighted by molar-refractivity contribution is 5.77. The van der Waals surface area contributed by atoms with Crippen LogP contribution in [0, 0.1) is 0 Å². The van der Waals surface area contributed by atoms with E-state index in [1.807, 2.05) is 30.3 Å². The van der Waals surface area contributed by atoms with E-state index >= 15 is 0 Å². The molecule has 0 aliphatic heterocycles. The summed E-state index contributed by atoms with van der Waals surface area (Å²) in [7, 11) is 0. The van der Waals surface area contributed by atoms with E-state index < -0.39 is 12.0 Å². The molecule has 0 aliphatic carbocycles. The van der Waals surface area contributed by atoms with Gasteiger partial charge in [-0.1, -0.05) is 42.5 Å². The molecule has 3 heteroatoms. The van der Waals surface area contributed by atoms with Gasteiger partial charge in [0.15, 0.2) is 0 Å². The molecular weight excluding hydrogens is 166 g/mol. The maximum absolute atomic E-state index is 10.3. The van der Waals surface area contributed by atoms with Gasteiger partial charge >= 0.3 is 5.97 Å². The molecule has 0 bridgehead atoms. The van der Waals surface area contributed by atoms with Crippen molar-refractivity contribution in [3.63, 3.8) is 0 Å². The van der Waals surface area contributed by atoms with Gasteiger partial charge in [-0.2, -0.15) is 0 Å². The zero-order valence-electron chi connectivity index (χ0n) is 7.05. The van der Waals surface area contributed by atoms with E-state index in [2.05, 4.69) is 0 Å². The van der Waals surface area contributed by atoms with Crippen LogP contribution in [0.1, 0.15) is 5.56 Å². The second-order valence-electron chi connectivity index (χ2n) is 2.63. The van der Waals surface area contributed by atoms with Crippen LogP contribution in [0.15, 0.2) is 36.4 Å². The number of carbonyl (C=O) groups is 1. The Morgan fingerprint density at radius 1 is 1.38 bits per heavy atom. The summed E-state index contributed by atoms with van der Waals surface area (Å²) in [5, 5.41) is 8.48. The largest absolute Gasteiger partial charge is 0.480 e. The zero-order chi connectivity index (χ0) is 9.68. The molecule has 0 aliphatic rings. The van der Waals surface area contributed by atoms with Crippen LogP contribution in [0.25, 0.3) is 6.08 Å². The van der Waals surface area contributed by atoms with Gasteiger partial charge in [0.05, 0.1) is 0 Å². The molecule has 1 rings (SSSR count). The Kier molecular flexibility index (Phi) is 3.23.